The molecular formula is C13H9NO4. The fraction of sp³-hybridized carbons (Fsp3) is 0.0769. The first kappa shape index (κ1) is 11.9. The van der Waals surface area contributed by atoms with Gasteiger partial charge in [0.2, 0.25) is 0 Å². The largest absolute Gasteiger partial charge is 0.316 e. The number of allylic oxidation sites excluding steroid dienone is 9. The molecule has 0 bridgehead atoms. The highest BCUT2D eigenvalue weighted by Gasteiger charge is 2.23. The predicted octanol–water partition coefficient (Wildman–Crippen LogP) is 1.67. The number of nitro groups is 1. The lowest BCUT2D eigenvalue weighted by Gasteiger charge is -2.09. The number of ketones is 2. The fourth-order valence-corrected chi connectivity index (χ4v) is 1.67. The van der Waals surface area contributed by atoms with Gasteiger partial charge in [-0.15, -0.1) is 0 Å². The molecule has 0 spiro atoms. The molecule has 18 heavy (non-hydrogen) atoms. The summed E-state index contributed by atoms with van der Waals surface area (Å²) < 4.78 is 0. The van der Waals surface area contributed by atoms with E-state index in [1.807, 2.05) is 0 Å². The number of rotatable bonds is 1. The molecule has 90 valence electrons. The van der Waals surface area contributed by atoms with E-state index in [1.54, 1.807) is 19.1 Å². The first-order chi connectivity index (χ1) is 8.49. The van der Waals surface area contributed by atoms with Crippen LogP contribution in [-0.2, 0) is 9.59 Å². The highest BCUT2D eigenvalue weighted by atomic mass is 16.6. The summed E-state index contributed by atoms with van der Waals surface area (Å²) in [7, 11) is 0. The van der Waals surface area contributed by atoms with E-state index in [1.165, 1.54) is 18.2 Å². The molecule has 0 radical (unpaired) electrons. The van der Waals surface area contributed by atoms with Gasteiger partial charge in [0.25, 0.3) is 5.78 Å². The Bertz CT molecular complexity index is 615. The van der Waals surface area contributed by atoms with Gasteiger partial charge in [-0.2, -0.15) is 0 Å². The molecule has 5 heteroatoms. The van der Waals surface area contributed by atoms with E-state index in [2.05, 4.69) is 0 Å². The van der Waals surface area contributed by atoms with Gasteiger partial charge in [-0.05, 0) is 47.9 Å². The molecular weight excluding hydrogens is 234 g/mol. The Kier molecular flexibility index (Phi) is 2.89. The van der Waals surface area contributed by atoms with Crippen LogP contribution in [0.5, 0.6) is 0 Å². The molecule has 0 N–H and O–H groups in total. The minimum atomic E-state index is -0.708. The van der Waals surface area contributed by atoms with Crippen LogP contribution in [-0.4, -0.2) is 16.5 Å². The van der Waals surface area contributed by atoms with Gasteiger partial charge >= 0.3 is 5.70 Å². The topological polar surface area (TPSA) is 77.3 Å². The maximum atomic E-state index is 11.3. The zero-order chi connectivity index (χ0) is 13.3. The molecule has 0 saturated carbocycles. The van der Waals surface area contributed by atoms with E-state index in [-0.39, 0.29) is 5.78 Å². The number of carbonyl (C=O) groups excluding carboxylic acids is 2. The third kappa shape index (κ3) is 2.10. The first-order valence-electron chi connectivity index (χ1n) is 5.22. The standard InChI is InChI=1S/C13H9NO4/c1-8-6-9(2-4-12(8)15)10-3-5-13(16)11(7-10)14(17)18/h2-7H,1H3/b10-9+. The van der Waals surface area contributed by atoms with E-state index in [9.17, 15) is 19.7 Å². The molecule has 0 aromatic rings. The third-order valence-corrected chi connectivity index (χ3v) is 2.66. The summed E-state index contributed by atoms with van der Waals surface area (Å²) in [5, 5.41) is 10.7. The van der Waals surface area contributed by atoms with Crippen LogP contribution >= 0.6 is 0 Å². The van der Waals surface area contributed by atoms with Crippen molar-refractivity contribution >= 4 is 11.6 Å². The van der Waals surface area contributed by atoms with Crippen LogP contribution in [0.4, 0.5) is 0 Å². The monoisotopic (exact) mass is 243 g/mol. The smallest absolute Gasteiger partial charge is 0.290 e. The maximum Gasteiger partial charge on any atom is 0.316 e. The van der Waals surface area contributed by atoms with Crippen LogP contribution in [0.25, 0.3) is 0 Å². The molecule has 0 aromatic carbocycles. The lowest BCUT2D eigenvalue weighted by molar-refractivity contribution is -0.418. The molecule has 2 aliphatic rings. The molecule has 2 aliphatic carbocycles. The Hall–Kier alpha value is -2.56. The Labute approximate surface area is 103 Å². The summed E-state index contributed by atoms with van der Waals surface area (Å²) in [6.45, 7) is 1.67. The second kappa shape index (κ2) is 4.37. The first-order valence-corrected chi connectivity index (χ1v) is 5.22. The van der Waals surface area contributed by atoms with Gasteiger partial charge in [-0.3, -0.25) is 19.7 Å². The number of hydrogen-bond acceptors (Lipinski definition) is 4. The van der Waals surface area contributed by atoms with E-state index in [4.69, 9.17) is 0 Å². The van der Waals surface area contributed by atoms with Crippen molar-refractivity contribution in [3.63, 3.8) is 0 Å². The molecule has 0 unspecified atom stereocenters. The molecule has 0 atom stereocenters. The van der Waals surface area contributed by atoms with Gasteiger partial charge in [0, 0.05) is 6.08 Å². The maximum absolute atomic E-state index is 11.3. The van der Waals surface area contributed by atoms with Gasteiger partial charge in [0.1, 0.15) is 0 Å². The zero-order valence-electron chi connectivity index (χ0n) is 9.54. The second-order valence-corrected chi connectivity index (χ2v) is 3.92. The van der Waals surface area contributed by atoms with E-state index < -0.39 is 16.4 Å². The highest BCUT2D eigenvalue weighted by Crippen LogP contribution is 2.22. The van der Waals surface area contributed by atoms with E-state index in [0.717, 1.165) is 6.08 Å². The predicted molar refractivity (Wildman–Crippen MR) is 64.2 cm³/mol. The van der Waals surface area contributed by atoms with E-state index in [0.29, 0.717) is 16.7 Å². The number of hydrogen-bond donors (Lipinski definition) is 0. The van der Waals surface area contributed by atoms with Crippen LogP contribution in [0.3, 0.4) is 0 Å². The molecule has 0 fully saturated rings. The summed E-state index contributed by atoms with van der Waals surface area (Å²) in [4.78, 5) is 32.5. The average molecular weight is 243 g/mol. The molecule has 0 saturated heterocycles. The van der Waals surface area contributed by atoms with Crippen molar-refractivity contribution in [3.8, 4) is 0 Å². The summed E-state index contributed by atoms with van der Waals surface area (Å²) in [6.07, 6.45) is 8.52. The van der Waals surface area contributed by atoms with Crippen molar-refractivity contribution in [2.24, 2.45) is 0 Å². The normalized spacial score (nSPS) is 22.9. The summed E-state index contributed by atoms with van der Waals surface area (Å²) >= 11 is 0. The van der Waals surface area contributed by atoms with Gasteiger partial charge in [-0.1, -0.05) is 6.08 Å². The van der Waals surface area contributed by atoms with Gasteiger partial charge in [0.05, 0.1) is 4.92 Å². The Morgan fingerprint density at radius 1 is 0.944 bits per heavy atom. The van der Waals surface area contributed by atoms with Crippen molar-refractivity contribution < 1.29 is 14.5 Å². The summed E-state index contributed by atoms with van der Waals surface area (Å²) in [5.41, 5.74) is 1.32. The van der Waals surface area contributed by atoms with Crippen molar-refractivity contribution in [1.29, 1.82) is 0 Å². The Morgan fingerprint density at radius 2 is 1.50 bits per heavy atom. The van der Waals surface area contributed by atoms with E-state index >= 15 is 0 Å². The lowest BCUT2D eigenvalue weighted by Crippen LogP contribution is -2.12. The quantitative estimate of drug-likeness (QED) is 0.518. The molecule has 5 nitrogen and oxygen atoms in total. The average Bonchev–Trinajstić information content (AvgIpc) is 2.33. The zero-order valence-corrected chi connectivity index (χ0v) is 9.54. The van der Waals surface area contributed by atoms with Gasteiger partial charge < -0.3 is 0 Å². The van der Waals surface area contributed by atoms with Crippen molar-refractivity contribution in [2.75, 3.05) is 0 Å². The van der Waals surface area contributed by atoms with Crippen LogP contribution in [0.2, 0.25) is 0 Å². The van der Waals surface area contributed by atoms with Crippen LogP contribution < -0.4 is 0 Å². The van der Waals surface area contributed by atoms with Crippen LogP contribution in [0.15, 0.2) is 58.9 Å². The Morgan fingerprint density at radius 3 is 2.06 bits per heavy atom. The number of nitrogens with zero attached hydrogens (tertiary/aromatic N) is 1. The summed E-state index contributed by atoms with van der Waals surface area (Å²) in [5.74, 6) is -0.713. The molecule has 0 heterocycles. The highest BCUT2D eigenvalue weighted by molar-refractivity contribution is 6.06. The SMILES string of the molecule is CC1=C/C(=C2\C=CC(=O)C([N+](=O)[O-])=C2)C=CC1=O. The van der Waals surface area contributed by atoms with Crippen molar-refractivity contribution in [1.82, 2.24) is 0 Å². The van der Waals surface area contributed by atoms with Gasteiger partial charge in [-0.25, -0.2) is 0 Å². The minimum Gasteiger partial charge on any atom is -0.290 e. The van der Waals surface area contributed by atoms with Gasteiger partial charge in [0.15, 0.2) is 5.78 Å². The molecule has 0 amide bonds. The third-order valence-electron chi connectivity index (χ3n) is 2.66. The van der Waals surface area contributed by atoms with Crippen molar-refractivity contribution in [3.05, 3.63) is 69.0 Å². The lowest BCUT2D eigenvalue weighted by atomic mass is 9.95. The molecule has 0 aromatic heterocycles. The molecule has 0 aliphatic heterocycles. The fourth-order valence-electron chi connectivity index (χ4n) is 1.67. The minimum absolute atomic E-state index is 0.0892. The molecule has 2 rings (SSSR count). The Balaban J connectivity index is 2.50. The van der Waals surface area contributed by atoms with Crippen molar-refractivity contribution in [2.45, 2.75) is 6.92 Å². The second-order valence-electron chi connectivity index (χ2n) is 3.92. The van der Waals surface area contributed by atoms with Crippen LogP contribution in [0, 0.1) is 10.1 Å². The number of carbonyl (C=O) groups is 2. The van der Waals surface area contributed by atoms with Crippen LogP contribution in [0.1, 0.15) is 6.92 Å². The summed E-state index contributed by atoms with van der Waals surface area (Å²) in [6, 6.07) is 0.